The fraction of sp³-hybridized carbons (Fsp3) is 0.379. The van der Waals surface area contributed by atoms with Gasteiger partial charge in [0.2, 0.25) is 5.89 Å². The van der Waals surface area contributed by atoms with Crippen LogP contribution < -0.4 is 14.2 Å². The number of carboxylic acid groups (broad SMARTS) is 1. The normalized spacial score (nSPS) is 13.8. The van der Waals surface area contributed by atoms with Crippen LogP contribution >= 0.6 is 0 Å². The summed E-state index contributed by atoms with van der Waals surface area (Å²) in [7, 11) is 1.62. The largest absolute Gasteiger partial charge is 0.493 e. The van der Waals surface area contributed by atoms with Crippen LogP contribution in [0.1, 0.15) is 54.8 Å². The highest BCUT2D eigenvalue weighted by molar-refractivity contribution is 5.88. The highest BCUT2D eigenvalue weighted by atomic mass is 16.5. The van der Waals surface area contributed by atoms with Crippen molar-refractivity contribution in [2.75, 3.05) is 20.3 Å². The molecular formula is C29H32N2O6. The molecule has 2 aromatic heterocycles. The summed E-state index contributed by atoms with van der Waals surface area (Å²) in [5.41, 5.74) is 4.49. The number of H-pyrrole nitrogens is 1. The Morgan fingerprint density at radius 1 is 1.11 bits per heavy atom. The SMILES string of the molecule is COc1cc(-c2nc3c(o2)CCCC3)ccc1OCCCOc1ccc2[nH]c(C(C)C(=O)O)c(C)c2c1. The van der Waals surface area contributed by atoms with Gasteiger partial charge in [-0.1, -0.05) is 0 Å². The molecule has 2 aromatic carbocycles. The van der Waals surface area contributed by atoms with E-state index in [-0.39, 0.29) is 0 Å². The first-order chi connectivity index (χ1) is 17.9. The summed E-state index contributed by atoms with van der Waals surface area (Å²) < 4.78 is 23.4. The number of aryl methyl sites for hydroxylation is 3. The average Bonchev–Trinajstić information content (AvgIpc) is 3.49. The summed E-state index contributed by atoms with van der Waals surface area (Å²) in [6.45, 7) is 4.56. The molecule has 8 heteroatoms. The van der Waals surface area contributed by atoms with Crippen LogP contribution in [0.15, 0.2) is 40.8 Å². The lowest BCUT2D eigenvalue weighted by molar-refractivity contribution is -0.138. The summed E-state index contributed by atoms with van der Waals surface area (Å²) in [6, 6.07) is 11.5. The van der Waals surface area contributed by atoms with E-state index < -0.39 is 11.9 Å². The van der Waals surface area contributed by atoms with Gasteiger partial charge in [0.25, 0.3) is 0 Å². The van der Waals surface area contributed by atoms with Crippen molar-refractivity contribution in [3.63, 3.8) is 0 Å². The smallest absolute Gasteiger partial charge is 0.312 e. The summed E-state index contributed by atoms with van der Waals surface area (Å²) >= 11 is 0. The number of nitrogens with zero attached hydrogens (tertiary/aromatic N) is 1. The van der Waals surface area contributed by atoms with Crippen LogP contribution in [-0.2, 0) is 17.6 Å². The number of aromatic amines is 1. The van der Waals surface area contributed by atoms with Gasteiger partial charge in [0.05, 0.1) is 31.9 Å². The van der Waals surface area contributed by atoms with Crippen molar-refractivity contribution in [1.82, 2.24) is 9.97 Å². The van der Waals surface area contributed by atoms with Crippen LogP contribution in [0.3, 0.4) is 0 Å². The number of hydrogen-bond donors (Lipinski definition) is 2. The number of fused-ring (bicyclic) bond motifs is 2. The van der Waals surface area contributed by atoms with Gasteiger partial charge in [-0.2, -0.15) is 0 Å². The Bertz CT molecular complexity index is 1400. The zero-order chi connectivity index (χ0) is 25.9. The van der Waals surface area contributed by atoms with Gasteiger partial charge in [0, 0.05) is 35.0 Å². The summed E-state index contributed by atoms with van der Waals surface area (Å²) in [6.07, 6.45) is 4.92. The molecule has 1 aliphatic rings. The van der Waals surface area contributed by atoms with Crippen molar-refractivity contribution < 1.29 is 28.5 Å². The maximum atomic E-state index is 11.4. The molecule has 37 heavy (non-hydrogen) atoms. The van der Waals surface area contributed by atoms with E-state index in [1.54, 1.807) is 14.0 Å². The molecule has 8 nitrogen and oxygen atoms in total. The first kappa shape index (κ1) is 24.7. The Kier molecular flexibility index (Phi) is 7.08. The number of carbonyl (C=O) groups is 1. The van der Waals surface area contributed by atoms with Gasteiger partial charge in [0.1, 0.15) is 11.5 Å². The molecule has 0 amide bonds. The van der Waals surface area contributed by atoms with Crippen molar-refractivity contribution in [3.05, 3.63) is 59.1 Å². The van der Waals surface area contributed by atoms with Gasteiger partial charge >= 0.3 is 5.97 Å². The number of aromatic nitrogens is 2. The van der Waals surface area contributed by atoms with Crippen molar-refractivity contribution in [2.24, 2.45) is 0 Å². The highest BCUT2D eigenvalue weighted by Gasteiger charge is 2.20. The molecule has 0 fully saturated rings. The topological polar surface area (TPSA) is 107 Å². The molecule has 0 spiro atoms. The molecule has 1 unspecified atom stereocenters. The zero-order valence-corrected chi connectivity index (χ0v) is 21.4. The molecule has 0 saturated heterocycles. The van der Waals surface area contributed by atoms with E-state index in [9.17, 15) is 9.90 Å². The third-order valence-corrected chi connectivity index (χ3v) is 6.94. The highest BCUT2D eigenvalue weighted by Crippen LogP contribution is 2.34. The van der Waals surface area contributed by atoms with Crippen LogP contribution in [0.5, 0.6) is 17.2 Å². The molecule has 0 aliphatic heterocycles. The second-order valence-corrected chi connectivity index (χ2v) is 9.44. The Hall–Kier alpha value is -3.94. The minimum Gasteiger partial charge on any atom is -0.493 e. The minimum absolute atomic E-state index is 0.467. The summed E-state index contributed by atoms with van der Waals surface area (Å²) in [4.78, 5) is 19.3. The van der Waals surface area contributed by atoms with Crippen molar-refractivity contribution in [3.8, 4) is 28.7 Å². The molecule has 1 atom stereocenters. The lowest BCUT2D eigenvalue weighted by Crippen LogP contribution is -2.08. The van der Waals surface area contributed by atoms with Crippen LogP contribution in [0.25, 0.3) is 22.4 Å². The van der Waals surface area contributed by atoms with Crippen molar-refractivity contribution in [2.45, 2.75) is 51.9 Å². The molecule has 1 aliphatic carbocycles. The van der Waals surface area contributed by atoms with Crippen molar-refractivity contribution in [1.29, 1.82) is 0 Å². The van der Waals surface area contributed by atoms with Gasteiger partial charge < -0.3 is 28.7 Å². The molecule has 194 valence electrons. The molecule has 4 aromatic rings. The van der Waals surface area contributed by atoms with Gasteiger partial charge in [-0.3, -0.25) is 4.79 Å². The monoisotopic (exact) mass is 504 g/mol. The number of methoxy groups -OCH3 is 1. The van der Waals surface area contributed by atoms with Crippen LogP contribution in [-0.4, -0.2) is 41.4 Å². The molecule has 2 heterocycles. The van der Waals surface area contributed by atoms with E-state index in [2.05, 4.69) is 9.97 Å². The Balaban J connectivity index is 1.17. The summed E-state index contributed by atoms with van der Waals surface area (Å²) in [5, 5.41) is 10.3. The second-order valence-electron chi connectivity index (χ2n) is 9.44. The number of rotatable bonds is 10. The number of ether oxygens (including phenoxy) is 3. The molecular weight excluding hydrogens is 472 g/mol. The van der Waals surface area contributed by atoms with Gasteiger partial charge in [0.15, 0.2) is 11.5 Å². The van der Waals surface area contributed by atoms with Gasteiger partial charge in [-0.25, -0.2) is 4.98 Å². The number of oxazole rings is 1. The zero-order valence-electron chi connectivity index (χ0n) is 21.4. The van der Waals surface area contributed by atoms with E-state index in [1.807, 2.05) is 43.3 Å². The predicted molar refractivity (Wildman–Crippen MR) is 140 cm³/mol. The number of benzene rings is 2. The van der Waals surface area contributed by atoms with E-state index >= 15 is 0 Å². The summed E-state index contributed by atoms with van der Waals surface area (Å²) in [5.74, 6) is 2.21. The first-order valence-electron chi connectivity index (χ1n) is 12.7. The Morgan fingerprint density at radius 3 is 2.70 bits per heavy atom. The third kappa shape index (κ3) is 5.14. The fourth-order valence-electron chi connectivity index (χ4n) is 4.80. The minimum atomic E-state index is -0.853. The Morgan fingerprint density at radius 2 is 1.92 bits per heavy atom. The van der Waals surface area contributed by atoms with E-state index in [0.717, 1.165) is 70.6 Å². The quantitative estimate of drug-likeness (QED) is 0.253. The molecule has 0 radical (unpaired) electrons. The number of aliphatic carboxylic acids is 1. The molecule has 2 N–H and O–H groups in total. The van der Waals surface area contributed by atoms with E-state index in [0.29, 0.717) is 37.0 Å². The maximum Gasteiger partial charge on any atom is 0.312 e. The van der Waals surface area contributed by atoms with Crippen LogP contribution in [0, 0.1) is 6.92 Å². The van der Waals surface area contributed by atoms with E-state index in [4.69, 9.17) is 18.6 Å². The number of nitrogens with one attached hydrogen (secondary N) is 1. The lowest BCUT2D eigenvalue weighted by Gasteiger charge is -2.12. The maximum absolute atomic E-state index is 11.4. The first-order valence-corrected chi connectivity index (χ1v) is 12.7. The average molecular weight is 505 g/mol. The van der Waals surface area contributed by atoms with Crippen LogP contribution in [0.4, 0.5) is 0 Å². The lowest BCUT2D eigenvalue weighted by atomic mass is 10.0. The number of carboxylic acids is 1. The van der Waals surface area contributed by atoms with Crippen molar-refractivity contribution >= 4 is 16.9 Å². The molecule has 0 saturated carbocycles. The Labute approximate surface area is 215 Å². The van der Waals surface area contributed by atoms with Gasteiger partial charge in [-0.15, -0.1) is 0 Å². The third-order valence-electron chi connectivity index (χ3n) is 6.94. The molecule has 0 bridgehead atoms. The number of hydrogen-bond acceptors (Lipinski definition) is 6. The van der Waals surface area contributed by atoms with E-state index in [1.165, 1.54) is 0 Å². The van der Waals surface area contributed by atoms with Gasteiger partial charge in [-0.05, 0) is 75.1 Å². The standard InChI is InChI=1S/C29H32N2O6/c1-17-21-16-20(10-11-22(21)30-27(17)18(2)29(32)33)35-13-6-14-36-25-12-9-19(15-26(25)34-3)28-31-23-7-4-5-8-24(23)37-28/h9-12,15-16,18,30H,4-8,13-14H2,1-3H3,(H,32,33). The van der Waals surface area contributed by atoms with Crippen LogP contribution in [0.2, 0.25) is 0 Å². The molecule has 5 rings (SSSR count). The predicted octanol–water partition coefficient (Wildman–Crippen LogP) is 6.05. The second kappa shape index (κ2) is 10.6. The fourth-order valence-corrected chi connectivity index (χ4v) is 4.80.